The number of benzene rings is 1. The number of furan rings is 1. The number of anilines is 1. The van der Waals surface area contributed by atoms with E-state index in [0.29, 0.717) is 23.8 Å². The van der Waals surface area contributed by atoms with Gasteiger partial charge >= 0.3 is 0 Å². The number of nitro benzene ring substituents is 1. The summed E-state index contributed by atoms with van der Waals surface area (Å²) >= 11 is 0. The molecular weight excluding hydrogens is 248 g/mol. The third-order valence-corrected chi connectivity index (χ3v) is 2.76. The summed E-state index contributed by atoms with van der Waals surface area (Å²) < 4.78 is 5.33. The Morgan fingerprint density at radius 2 is 2.05 bits per heavy atom. The number of hydrogen-bond acceptors (Lipinski definition) is 5. The van der Waals surface area contributed by atoms with Gasteiger partial charge in [-0.25, -0.2) is 0 Å². The minimum atomic E-state index is -0.429. The van der Waals surface area contributed by atoms with Crippen molar-refractivity contribution >= 4 is 11.4 Å². The van der Waals surface area contributed by atoms with Crippen LogP contribution in [-0.2, 0) is 13.2 Å². The second-order valence-corrected chi connectivity index (χ2v) is 4.14. The molecule has 6 heteroatoms. The van der Waals surface area contributed by atoms with E-state index in [9.17, 15) is 10.1 Å². The number of non-ortho nitro benzene ring substituents is 1. The number of aliphatic hydroxyl groups excluding tert-OH is 1. The molecule has 2 aromatic rings. The molecule has 0 amide bonds. The minimum Gasteiger partial charge on any atom is -0.462 e. The first-order valence-corrected chi connectivity index (χ1v) is 5.77. The van der Waals surface area contributed by atoms with Crippen LogP contribution in [0, 0.1) is 17.0 Å². The fourth-order valence-electron chi connectivity index (χ4n) is 1.70. The zero-order valence-corrected chi connectivity index (χ0v) is 10.4. The van der Waals surface area contributed by atoms with Gasteiger partial charge in [-0.1, -0.05) is 6.07 Å². The molecule has 0 saturated heterocycles. The molecule has 0 bridgehead atoms. The van der Waals surface area contributed by atoms with E-state index in [1.165, 1.54) is 12.1 Å². The van der Waals surface area contributed by atoms with Crippen LogP contribution in [-0.4, -0.2) is 10.0 Å². The monoisotopic (exact) mass is 262 g/mol. The van der Waals surface area contributed by atoms with Gasteiger partial charge in [0.15, 0.2) is 0 Å². The minimum absolute atomic E-state index is 0.0450. The highest BCUT2D eigenvalue weighted by molar-refractivity contribution is 5.56. The first-order chi connectivity index (χ1) is 9.10. The Hall–Kier alpha value is -2.34. The molecule has 6 nitrogen and oxygen atoms in total. The quantitative estimate of drug-likeness (QED) is 0.638. The molecule has 0 aliphatic heterocycles. The van der Waals surface area contributed by atoms with Crippen molar-refractivity contribution in [3.8, 4) is 0 Å². The van der Waals surface area contributed by atoms with E-state index in [1.54, 1.807) is 18.2 Å². The molecule has 2 N–H and O–H groups in total. The van der Waals surface area contributed by atoms with Gasteiger partial charge < -0.3 is 14.8 Å². The molecule has 2 rings (SSSR count). The Morgan fingerprint density at radius 3 is 2.68 bits per heavy atom. The SMILES string of the molecule is Cc1ccc([N+](=O)[O-])cc1NCc1ccc(CO)o1. The van der Waals surface area contributed by atoms with Gasteiger partial charge in [0.05, 0.1) is 11.5 Å². The summed E-state index contributed by atoms with van der Waals surface area (Å²) in [4.78, 5) is 10.3. The normalized spacial score (nSPS) is 10.4. The molecule has 0 atom stereocenters. The van der Waals surface area contributed by atoms with Crippen LogP contribution in [0.2, 0.25) is 0 Å². The maximum absolute atomic E-state index is 10.7. The number of aliphatic hydroxyl groups is 1. The van der Waals surface area contributed by atoms with Crippen molar-refractivity contribution in [1.82, 2.24) is 0 Å². The highest BCUT2D eigenvalue weighted by atomic mass is 16.6. The van der Waals surface area contributed by atoms with Gasteiger partial charge in [0.25, 0.3) is 5.69 Å². The Morgan fingerprint density at radius 1 is 1.32 bits per heavy atom. The smallest absolute Gasteiger partial charge is 0.271 e. The number of nitrogens with zero attached hydrogens (tertiary/aromatic N) is 1. The molecule has 0 unspecified atom stereocenters. The van der Waals surface area contributed by atoms with Crippen LogP contribution in [0.15, 0.2) is 34.7 Å². The van der Waals surface area contributed by atoms with E-state index in [1.807, 2.05) is 6.92 Å². The molecule has 1 aromatic heterocycles. The highest BCUT2D eigenvalue weighted by Crippen LogP contribution is 2.22. The van der Waals surface area contributed by atoms with E-state index in [4.69, 9.17) is 9.52 Å². The van der Waals surface area contributed by atoms with Crippen molar-refractivity contribution in [2.45, 2.75) is 20.1 Å². The van der Waals surface area contributed by atoms with E-state index in [2.05, 4.69) is 5.32 Å². The first-order valence-electron chi connectivity index (χ1n) is 5.77. The van der Waals surface area contributed by atoms with Crippen LogP contribution in [0.5, 0.6) is 0 Å². The Bertz CT molecular complexity index is 592. The van der Waals surface area contributed by atoms with Gasteiger partial charge in [0, 0.05) is 17.8 Å². The molecule has 0 spiro atoms. The molecule has 100 valence electrons. The van der Waals surface area contributed by atoms with Crippen LogP contribution < -0.4 is 5.32 Å². The molecule has 0 saturated carbocycles. The van der Waals surface area contributed by atoms with Crippen molar-refractivity contribution in [1.29, 1.82) is 0 Å². The van der Waals surface area contributed by atoms with Crippen LogP contribution >= 0.6 is 0 Å². The van der Waals surface area contributed by atoms with Crippen molar-refractivity contribution < 1.29 is 14.4 Å². The maximum atomic E-state index is 10.7. The number of hydrogen-bond donors (Lipinski definition) is 2. The molecule has 1 heterocycles. The largest absolute Gasteiger partial charge is 0.462 e. The Labute approximate surface area is 109 Å². The molecule has 1 aromatic carbocycles. The highest BCUT2D eigenvalue weighted by Gasteiger charge is 2.09. The lowest BCUT2D eigenvalue weighted by molar-refractivity contribution is -0.384. The van der Waals surface area contributed by atoms with Gasteiger partial charge in [0.2, 0.25) is 0 Å². The maximum Gasteiger partial charge on any atom is 0.271 e. The topological polar surface area (TPSA) is 88.5 Å². The van der Waals surface area contributed by atoms with E-state index < -0.39 is 4.92 Å². The van der Waals surface area contributed by atoms with Crippen molar-refractivity contribution in [3.05, 3.63) is 57.5 Å². The summed E-state index contributed by atoms with van der Waals surface area (Å²) in [7, 11) is 0. The summed E-state index contributed by atoms with van der Waals surface area (Å²) in [5.74, 6) is 1.16. The van der Waals surface area contributed by atoms with Crippen molar-refractivity contribution in [3.63, 3.8) is 0 Å². The van der Waals surface area contributed by atoms with Crippen LogP contribution in [0.25, 0.3) is 0 Å². The third kappa shape index (κ3) is 3.11. The fraction of sp³-hybridized carbons (Fsp3) is 0.231. The number of nitrogens with one attached hydrogen (secondary N) is 1. The Balaban J connectivity index is 2.10. The second-order valence-electron chi connectivity index (χ2n) is 4.14. The zero-order chi connectivity index (χ0) is 13.8. The molecule has 0 aliphatic rings. The third-order valence-electron chi connectivity index (χ3n) is 2.76. The van der Waals surface area contributed by atoms with Crippen LogP contribution in [0.3, 0.4) is 0 Å². The molecular formula is C13H14N2O4. The summed E-state index contributed by atoms with van der Waals surface area (Å²) in [5, 5.41) is 22.7. The molecule has 0 aliphatic carbocycles. The standard InChI is InChI=1S/C13H14N2O4/c1-9-2-3-10(15(17)18)6-13(9)14-7-11-4-5-12(8-16)19-11/h2-6,14,16H,7-8H2,1H3. The first kappa shape index (κ1) is 13.1. The van der Waals surface area contributed by atoms with Gasteiger partial charge in [-0.15, -0.1) is 0 Å². The molecule has 0 fully saturated rings. The molecule has 0 radical (unpaired) electrons. The van der Waals surface area contributed by atoms with Gasteiger partial charge in [-0.3, -0.25) is 10.1 Å². The molecule has 19 heavy (non-hydrogen) atoms. The predicted octanol–water partition coefficient (Wildman–Crippen LogP) is 2.60. The van der Waals surface area contributed by atoms with Gasteiger partial charge in [0.1, 0.15) is 18.1 Å². The summed E-state index contributed by atoms with van der Waals surface area (Å²) in [5.41, 5.74) is 1.65. The lowest BCUT2D eigenvalue weighted by Gasteiger charge is -2.07. The summed E-state index contributed by atoms with van der Waals surface area (Å²) in [6.45, 7) is 2.13. The van der Waals surface area contributed by atoms with Crippen molar-refractivity contribution in [2.24, 2.45) is 0 Å². The summed E-state index contributed by atoms with van der Waals surface area (Å²) in [6, 6.07) is 8.10. The number of aryl methyl sites for hydroxylation is 1. The number of rotatable bonds is 5. The van der Waals surface area contributed by atoms with Gasteiger partial charge in [-0.2, -0.15) is 0 Å². The summed E-state index contributed by atoms with van der Waals surface area (Å²) in [6.07, 6.45) is 0. The number of nitro groups is 1. The average Bonchev–Trinajstić information content (AvgIpc) is 2.85. The second kappa shape index (κ2) is 5.53. The fourth-order valence-corrected chi connectivity index (χ4v) is 1.70. The van der Waals surface area contributed by atoms with E-state index in [0.717, 1.165) is 5.56 Å². The van der Waals surface area contributed by atoms with E-state index in [-0.39, 0.29) is 12.3 Å². The van der Waals surface area contributed by atoms with Crippen LogP contribution in [0.1, 0.15) is 17.1 Å². The van der Waals surface area contributed by atoms with E-state index >= 15 is 0 Å². The Kier molecular flexibility index (Phi) is 3.82. The lowest BCUT2D eigenvalue weighted by Crippen LogP contribution is -2.01. The van der Waals surface area contributed by atoms with Crippen molar-refractivity contribution in [2.75, 3.05) is 5.32 Å². The zero-order valence-electron chi connectivity index (χ0n) is 10.4. The predicted molar refractivity (Wildman–Crippen MR) is 69.8 cm³/mol. The van der Waals surface area contributed by atoms with Gasteiger partial charge in [-0.05, 0) is 24.6 Å². The van der Waals surface area contributed by atoms with Crippen LogP contribution in [0.4, 0.5) is 11.4 Å². The average molecular weight is 262 g/mol. The lowest BCUT2D eigenvalue weighted by atomic mass is 10.2.